The van der Waals surface area contributed by atoms with Gasteiger partial charge in [0.25, 0.3) is 0 Å². The lowest BCUT2D eigenvalue weighted by Crippen LogP contribution is -2.19. The molecule has 1 aliphatic rings. The van der Waals surface area contributed by atoms with Crippen molar-refractivity contribution in [3.8, 4) is 5.75 Å². The summed E-state index contributed by atoms with van der Waals surface area (Å²) >= 11 is 0. The van der Waals surface area contributed by atoms with E-state index in [0.717, 1.165) is 24.3 Å². The van der Waals surface area contributed by atoms with Crippen molar-refractivity contribution in [1.82, 2.24) is 0 Å². The molecular formula is C16H21NO3. The Balaban J connectivity index is 1.71. The van der Waals surface area contributed by atoms with Gasteiger partial charge in [0.05, 0.1) is 19.4 Å². The Morgan fingerprint density at radius 1 is 1.25 bits per heavy atom. The molecule has 1 unspecified atom stereocenters. The van der Waals surface area contributed by atoms with E-state index in [4.69, 9.17) is 9.47 Å². The van der Waals surface area contributed by atoms with Gasteiger partial charge in [-0.3, -0.25) is 4.99 Å². The standard InChI is InChI=1S/C16H21NO3/c1-11(2)10-20-16(18)15-14(17-15)9-6-12-4-7-13(19-3)8-5-12/h4-5,7-8,11,15H,6,9-10H2,1-3H3. The molecule has 4 heteroatoms. The van der Waals surface area contributed by atoms with Gasteiger partial charge in [0.15, 0.2) is 6.04 Å². The highest BCUT2D eigenvalue weighted by Gasteiger charge is 2.35. The van der Waals surface area contributed by atoms with E-state index in [0.29, 0.717) is 12.5 Å². The average molecular weight is 275 g/mol. The monoisotopic (exact) mass is 275 g/mol. The number of nitrogens with zero attached hydrogens (tertiary/aromatic N) is 1. The van der Waals surface area contributed by atoms with E-state index in [-0.39, 0.29) is 12.0 Å². The molecule has 0 bridgehead atoms. The summed E-state index contributed by atoms with van der Waals surface area (Å²) in [6.45, 7) is 4.51. The Hall–Kier alpha value is -1.84. The lowest BCUT2D eigenvalue weighted by atomic mass is 10.1. The molecule has 0 amide bonds. The minimum absolute atomic E-state index is 0.205. The highest BCUT2D eigenvalue weighted by molar-refractivity contribution is 6.16. The third-order valence-corrected chi connectivity index (χ3v) is 3.15. The molecule has 20 heavy (non-hydrogen) atoms. The number of aliphatic imine (C=N–C) groups is 1. The molecule has 0 saturated carbocycles. The highest BCUT2D eigenvalue weighted by Crippen LogP contribution is 2.20. The van der Waals surface area contributed by atoms with Crippen LogP contribution >= 0.6 is 0 Å². The zero-order valence-corrected chi connectivity index (χ0v) is 12.3. The molecule has 0 spiro atoms. The van der Waals surface area contributed by atoms with Crippen LogP contribution in [0, 0.1) is 5.92 Å². The van der Waals surface area contributed by atoms with Crippen LogP contribution in [0.4, 0.5) is 0 Å². The molecule has 0 radical (unpaired) electrons. The van der Waals surface area contributed by atoms with E-state index in [9.17, 15) is 4.79 Å². The highest BCUT2D eigenvalue weighted by atomic mass is 16.5. The van der Waals surface area contributed by atoms with E-state index >= 15 is 0 Å². The van der Waals surface area contributed by atoms with Crippen LogP contribution in [-0.2, 0) is 16.0 Å². The number of carbonyl (C=O) groups is 1. The molecule has 2 rings (SSSR count). The molecule has 0 saturated heterocycles. The number of ether oxygens (including phenoxy) is 2. The topological polar surface area (TPSA) is 47.9 Å². The lowest BCUT2D eigenvalue weighted by molar-refractivity contribution is -0.143. The second kappa shape index (κ2) is 6.55. The number of rotatable bonds is 7. The van der Waals surface area contributed by atoms with E-state index in [1.54, 1.807) is 7.11 Å². The average Bonchev–Trinajstić information content (AvgIpc) is 3.22. The molecule has 4 nitrogen and oxygen atoms in total. The van der Waals surface area contributed by atoms with Crippen molar-refractivity contribution in [3.05, 3.63) is 29.8 Å². The van der Waals surface area contributed by atoms with Crippen LogP contribution in [0.2, 0.25) is 0 Å². The first-order chi connectivity index (χ1) is 9.60. The maximum Gasteiger partial charge on any atom is 0.336 e. The normalized spacial score (nSPS) is 16.8. The van der Waals surface area contributed by atoms with Crippen LogP contribution < -0.4 is 4.74 Å². The number of benzene rings is 1. The summed E-state index contributed by atoms with van der Waals surface area (Å²) in [5.41, 5.74) is 2.17. The molecule has 0 aliphatic carbocycles. The van der Waals surface area contributed by atoms with Gasteiger partial charge in [-0.2, -0.15) is 0 Å². The Bertz CT molecular complexity index is 491. The van der Waals surface area contributed by atoms with Crippen LogP contribution in [0.1, 0.15) is 25.8 Å². The molecule has 0 N–H and O–H groups in total. The zero-order chi connectivity index (χ0) is 14.5. The Morgan fingerprint density at radius 3 is 2.55 bits per heavy atom. The quantitative estimate of drug-likeness (QED) is 0.719. The van der Waals surface area contributed by atoms with E-state index in [2.05, 4.69) is 4.99 Å². The van der Waals surface area contributed by atoms with Gasteiger partial charge in [-0.1, -0.05) is 26.0 Å². The molecule has 1 atom stereocenters. The second-order valence-electron chi connectivity index (χ2n) is 5.39. The molecule has 0 fully saturated rings. The number of hydrogen-bond donors (Lipinski definition) is 0. The van der Waals surface area contributed by atoms with Crippen molar-refractivity contribution in [3.63, 3.8) is 0 Å². The summed E-state index contributed by atoms with van der Waals surface area (Å²) < 4.78 is 10.3. The van der Waals surface area contributed by atoms with Gasteiger partial charge in [-0.15, -0.1) is 0 Å². The number of aryl methyl sites for hydroxylation is 1. The largest absolute Gasteiger partial charge is 0.497 e. The molecule has 108 valence electrons. The summed E-state index contributed by atoms with van der Waals surface area (Å²) in [7, 11) is 1.65. The Morgan fingerprint density at radius 2 is 1.95 bits per heavy atom. The molecule has 1 heterocycles. The molecule has 1 aromatic carbocycles. The third-order valence-electron chi connectivity index (χ3n) is 3.15. The summed E-state index contributed by atoms with van der Waals surface area (Å²) in [4.78, 5) is 15.9. The molecule has 1 aliphatic heterocycles. The minimum atomic E-state index is -0.313. The van der Waals surface area contributed by atoms with Crippen LogP contribution in [0.15, 0.2) is 29.3 Å². The van der Waals surface area contributed by atoms with Crippen molar-refractivity contribution in [2.45, 2.75) is 32.7 Å². The smallest absolute Gasteiger partial charge is 0.336 e. The molecule has 1 aromatic rings. The number of carbonyl (C=O) groups excluding carboxylic acids is 1. The van der Waals surface area contributed by atoms with Gasteiger partial charge < -0.3 is 9.47 Å². The first-order valence-electron chi connectivity index (χ1n) is 6.96. The number of methoxy groups -OCH3 is 1. The number of hydrogen-bond acceptors (Lipinski definition) is 4. The fraction of sp³-hybridized carbons (Fsp3) is 0.500. The van der Waals surface area contributed by atoms with E-state index < -0.39 is 0 Å². The van der Waals surface area contributed by atoms with Crippen molar-refractivity contribution in [1.29, 1.82) is 0 Å². The SMILES string of the molecule is COc1ccc(CCC2=NC2C(=O)OCC(C)C)cc1. The van der Waals surface area contributed by atoms with Crippen LogP contribution in [0.25, 0.3) is 0 Å². The van der Waals surface area contributed by atoms with E-state index in [1.807, 2.05) is 38.1 Å². The van der Waals surface area contributed by atoms with Gasteiger partial charge in [0, 0.05) is 0 Å². The maximum absolute atomic E-state index is 11.7. The van der Waals surface area contributed by atoms with Gasteiger partial charge in [0.1, 0.15) is 5.75 Å². The molecular weight excluding hydrogens is 254 g/mol. The van der Waals surface area contributed by atoms with Gasteiger partial charge >= 0.3 is 5.97 Å². The van der Waals surface area contributed by atoms with E-state index in [1.165, 1.54) is 5.56 Å². The summed E-state index contributed by atoms with van der Waals surface area (Å²) in [6.07, 6.45) is 1.70. The van der Waals surface area contributed by atoms with Crippen molar-refractivity contribution in [2.75, 3.05) is 13.7 Å². The fourth-order valence-electron chi connectivity index (χ4n) is 1.91. The van der Waals surface area contributed by atoms with Crippen molar-refractivity contribution >= 4 is 11.7 Å². The first-order valence-corrected chi connectivity index (χ1v) is 6.96. The van der Waals surface area contributed by atoms with Crippen LogP contribution in [-0.4, -0.2) is 31.4 Å². The van der Waals surface area contributed by atoms with Crippen LogP contribution in [0.5, 0.6) is 5.75 Å². The summed E-state index contributed by atoms with van der Waals surface area (Å²) in [5.74, 6) is 1.01. The lowest BCUT2D eigenvalue weighted by Gasteiger charge is -2.05. The third kappa shape index (κ3) is 4.08. The molecule has 0 aromatic heterocycles. The summed E-state index contributed by atoms with van der Waals surface area (Å²) in [6, 6.07) is 7.64. The van der Waals surface area contributed by atoms with Crippen LogP contribution in [0.3, 0.4) is 0 Å². The second-order valence-corrected chi connectivity index (χ2v) is 5.39. The van der Waals surface area contributed by atoms with Gasteiger partial charge in [0.2, 0.25) is 0 Å². The predicted molar refractivity (Wildman–Crippen MR) is 78.3 cm³/mol. The van der Waals surface area contributed by atoms with Gasteiger partial charge in [-0.05, 0) is 36.5 Å². The fourth-order valence-corrected chi connectivity index (χ4v) is 1.91. The minimum Gasteiger partial charge on any atom is -0.497 e. The first kappa shape index (κ1) is 14.6. The van der Waals surface area contributed by atoms with Crippen molar-refractivity contribution < 1.29 is 14.3 Å². The Kier molecular flexibility index (Phi) is 4.77. The maximum atomic E-state index is 11.7. The number of esters is 1. The Labute approximate surface area is 119 Å². The van der Waals surface area contributed by atoms with Crippen molar-refractivity contribution in [2.24, 2.45) is 10.9 Å². The predicted octanol–water partition coefficient (Wildman–Crippen LogP) is 2.65. The zero-order valence-electron chi connectivity index (χ0n) is 12.3. The summed E-state index contributed by atoms with van der Waals surface area (Å²) in [5, 5.41) is 0. The van der Waals surface area contributed by atoms with Gasteiger partial charge in [-0.25, -0.2) is 4.79 Å².